The summed E-state index contributed by atoms with van der Waals surface area (Å²) in [4.78, 5) is 3.91. The number of rotatable bonds is 3. The molecule has 1 heteroatoms. The fraction of sp³-hybridized carbons (Fsp3) is 0.438. The SMILES string of the molecule is [C-]#[N+]C1(C/C=C/c2ccccc2)CCCCC1. The van der Waals surface area contributed by atoms with Crippen molar-refractivity contribution in [2.24, 2.45) is 0 Å². The van der Waals surface area contributed by atoms with Crippen molar-refractivity contribution in [2.75, 3.05) is 0 Å². The molecule has 0 atom stereocenters. The summed E-state index contributed by atoms with van der Waals surface area (Å²) in [5, 5.41) is 0. The molecule has 0 spiro atoms. The van der Waals surface area contributed by atoms with E-state index in [1.807, 2.05) is 18.2 Å². The molecule has 1 saturated carbocycles. The predicted molar refractivity (Wildman–Crippen MR) is 72.5 cm³/mol. The highest BCUT2D eigenvalue weighted by Gasteiger charge is 2.36. The van der Waals surface area contributed by atoms with Crippen LogP contribution in [0.25, 0.3) is 10.9 Å². The van der Waals surface area contributed by atoms with E-state index in [9.17, 15) is 0 Å². The van der Waals surface area contributed by atoms with Gasteiger partial charge in [-0.3, -0.25) is 0 Å². The summed E-state index contributed by atoms with van der Waals surface area (Å²) in [6.07, 6.45) is 11.1. The molecule has 1 aliphatic rings. The topological polar surface area (TPSA) is 4.36 Å². The summed E-state index contributed by atoms with van der Waals surface area (Å²) < 4.78 is 0. The van der Waals surface area contributed by atoms with Crippen molar-refractivity contribution in [3.8, 4) is 0 Å². The molecule has 1 aromatic carbocycles. The molecule has 0 aliphatic heterocycles. The maximum atomic E-state index is 7.42. The van der Waals surface area contributed by atoms with Crippen LogP contribution < -0.4 is 0 Å². The van der Waals surface area contributed by atoms with E-state index in [1.165, 1.54) is 24.8 Å². The maximum Gasteiger partial charge on any atom is 0.236 e. The van der Waals surface area contributed by atoms with Gasteiger partial charge in [-0.05, 0) is 18.4 Å². The fourth-order valence-electron chi connectivity index (χ4n) is 2.55. The number of hydrogen-bond acceptors (Lipinski definition) is 0. The minimum absolute atomic E-state index is 0.0937. The van der Waals surface area contributed by atoms with Gasteiger partial charge in [0.05, 0.1) is 0 Å². The Morgan fingerprint density at radius 1 is 1.12 bits per heavy atom. The second-order valence-corrected chi connectivity index (χ2v) is 4.91. The van der Waals surface area contributed by atoms with Crippen LogP contribution >= 0.6 is 0 Å². The molecule has 0 heterocycles. The molecule has 1 nitrogen and oxygen atoms in total. The smallest absolute Gasteiger partial charge is 0.236 e. The second-order valence-electron chi connectivity index (χ2n) is 4.91. The summed E-state index contributed by atoms with van der Waals surface area (Å²) in [5.74, 6) is 0. The van der Waals surface area contributed by atoms with E-state index < -0.39 is 0 Å². The third kappa shape index (κ3) is 3.20. The van der Waals surface area contributed by atoms with Crippen molar-refractivity contribution in [2.45, 2.75) is 44.1 Å². The van der Waals surface area contributed by atoms with Gasteiger partial charge in [0.2, 0.25) is 5.54 Å². The van der Waals surface area contributed by atoms with Crippen molar-refractivity contribution >= 4 is 6.08 Å². The van der Waals surface area contributed by atoms with Gasteiger partial charge in [0.1, 0.15) is 0 Å². The first-order valence-corrected chi connectivity index (χ1v) is 6.45. The molecular weight excluding hydrogens is 206 g/mol. The molecule has 17 heavy (non-hydrogen) atoms. The van der Waals surface area contributed by atoms with E-state index in [1.54, 1.807) is 0 Å². The molecule has 1 aromatic rings. The third-order valence-corrected chi connectivity index (χ3v) is 3.63. The zero-order valence-corrected chi connectivity index (χ0v) is 10.2. The molecule has 0 N–H and O–H groups in total. The Kier molecular flexibility index (Phi) is 3.98. The third-order valence-electron chi connectivity index (χ3n) is 3.63. The van der Waals surface area contributed by atoms with Gasteiger partial charge in [-0.25, -0.2) is 6.57 Å². The van der Waals surface area contributed by atoms with E-state index in [0.29, 0.717) is 0 Å². The van der Waals surface area contributed by atoms with E-state index in [-0.39, 0.29) is 5.54 Å². The molecule has 0 bridgehead atoms. The molecule has 88 valence electrons. The monoisotopic (exact) mass is 225 g/mol. The number of hydrogen-bond donors (Lipinski definition) is 0. The largest absolute Gasteiger partial charge is 0.310 e. The Morgan fingerprint density at radius 3 is 2.47 bits per heavy atom. The summed E-state index contributed by atoms with van der Waals surface area (Å²) in [5.41, 5.74) is 1.13. The minimum atomic E-state index is -0.0937. The van der Waals surface area contributed by atoms with Gasteiger partial charge in [-0.2, -0.15) is 0 Å². The average molecular weight is 225 g/mol. The highest BCUT2D eigenvalue weighted by atomic mass is 14.8. The Morgan fingerprint density at radius 2 is 1.82 bits per heavy atom. The van der Waals surface area contributed by atoms with Gasteiger partial charge < -0.3 is 4.85 Å². The standard InChI is InChI=1S/C16H19N/c1-17-16(12-6-3-7-13-16)14-8-11-15-9-4-2-5-10-15/h2,4-5,8-11H,3,6-7,12-14H2/b11-8+. The van der Waals surface area contributed by atoms with Crippen LogP contribution in [0.5, 0.6) is 0 Å². The van der Waals surface area contributed by atoms with Crippen molar-refractivity contribution in [1.29, 1.82) is 0 Å². The van der Waals surface area contributed by atoms with Crippen LogP contribution in [0.2, 0.25) is 0 Å². The molecule has 0 amide bonds. The van der Waals surface area contributed by atoms with E-state index in [0.717, 1.165) is 19.3 Å². The minimum Gasteiger partial charge on any atom is -0.310 e. The maximum absolute atomic E-state index is 7.42. The molecule has 0 radical (unpaired) electrons. The number of nitrogens with zero attached hydrogens (tertiary/aromatic N) is 1. The van der Waals surface area contributed by atoms with Gasteiger partial charge in [0.15, 0.2) is 0 Å². The molecule has 1 aliphatic carbocycles. The van der Waals surface area contributed by atoms with Crippen molar-refractivity contribution < 1.29 is 0 Å². The van der Waals surface area contributed by atoms with E-state index >= 15 is 0 Å². The average Bonchev–Trinajstić information content (AvgIpc) is 2.41. The van der Waals surface area contributed by atoms with E-state index in [4.69, 9.17) is 6.57 Å². The molecule has 0 saturated heterocycles. The Hall–Kier alpha value is -1.55. The highest BCUT2D eigenvalue weighted by molar-refractivity contribution is 5.48. The quantitative estimate of drug-likeness (QED) is 0.656. The molecule has 0 aromatic heterocycles. The first kappa shape index (κ1) is 11.9. The molecule has 1 fully saturated rings. The zero-order valence-electron chi connectivity index (χ0n) is 10.2. The van der Waals surface area contributed by atoms with Crippen molar-refractivity contribution in [3.05, 3.63) is 53.4 Å². The lowest BCUT2D eigenvalue weighted by atomic mass is 9.80. The summed E-state index contributed by atoms with van der Waals surface area (Å²) in [6, 6.07) is 10.3. The van der Waals surface area contributed by atoms with Gasteiger partial charge in [-0.1, -0.05) is 48.9 Å². The Bertz CT molecular complexity index is 405. The first-order valence-electron chi connectivity index (χ1n) is 6.45. The second kappa shape index (κ2) is 5.68. The Labute approximate surface area is 104 Å². The van der Waals surface area contributed by atoms with Gasteiger partial charge >= 0.3 is 0 Å². The van der Waals surface area contributed by atoms with Crippen LogP contribution in [0.4, 0.5) is 0 Å². The lowest BCUT2D eigenvalue weighted by Crippen LogP contribution is -2.26. The lowest BCUT2D eigenvalue weighted by molar-refractivity contribution is 0.349. The van der Waals surface area contributed by atoms with Crippen LogP contribution in [0.3, 0.4) is 0 Å². The predicted octanol–water partition coefficient (Wildman–Crippen LogP) is 4.71. The number of benzene rings is 1. The Balaban J connectivity index is 1.97. The molecule has 2 rings (SSSR count). The fourth-order valence-corrected chi connectivity index (χ4v) is 2.55. The zero-order chi connectivity index (χ0) is 12.0. The van der Waals surface area contributed by atoms with Gasteiger partial charge in [0.25, 0.3) is 0 Å². The van der Waals surface area contributed by atoms with Crippen molar-refractivity contribution in [1.82, 2.24) is 0 Å². The summed E-state index contributed by atoms with van der Waals surface area (Å²) >= 11 is 0. The molecular formula is C16H19N. The van der Waals surface area contributed by atoms with Crippen molar-refractivity contribution in [3.63, 3.8) is 0 Å². The summed E-state index contributed by atoms with van der Waals surface area (Å²) in [6.45, 7) is 7.42. The lowest BCUT2D eigenvalue weighted by Gasteiger charge is -2.24. The van der Waals surface area contributed by atoms with Crippen LogP contribution in [0.1, 0.15) is 44.1 Å². The van der Waals surface area contributed by atoms with Crippen LogP contribution in [0.15, 0.2) is 36.4 Å². The van der Waals surface area contributed by atoms with Crippen LogP contribution in [-0.2, 0) is 0 Å². The van der Waals surface area contributed by atoms with Crippen LogP contribution in [-0.4, -0.2) is 5.54 Å². The van der Waals surface area contributed by atoms with E-state index in [2.05, 4.69) is 29.1 Å². The first-order chi connectivity index (χ1) is 8.35. The van der Waals surface area contributed by atoms with Gasteiger partial charge in [0, 0.05) is 19.3 Å². The summed E-state index contributed by atoms with van der Waals surface area (Å²) in [7, 11) is 0. The normalized spacial score (nSPS) is 19.0. The molecule has 0 unspecified atom stereocenters. The highest BCUT2D eigenvalue weighted by Crippen LogP contribution is 2.35. The van der Waals surface area contributed by atoms with Gasteiger partial charge in [-0.15, -0.1) is 0 Å². The van der Waals surface area contributed by atoms with Crippen LogP contribution in [0, 0.1) is 6.57 Å².